The summed E-state index contributed by atoms with van der Waals surface area (Å²) in [5.74, 6) is -0.825. The van der Waals surface area contributed by atoms with Gasteiger partial charge in [0, 0.05) is 18.5 Å². The maximum Gasteiger partial charge on any atom is 0.309 e. The van der Waals surface area contributed by atoms with Crippen LogP contribution in [0.1, 0.15) is 18.5 Å². The predicted molar refractivity (Wildman–Crippen MR) is 72.4 cm³/mol. The molecule has 6 heteroatoms. The topological polar surface area (TPSA) is 56.7 Å². The molecule has 100 valence electrons. The summed E-state index contributed by atoms with van der Waals surface area (Å²) in [5, 5.41) is 11.5. The second-order valence-electron chi connectivity index (χ2n) is 4.84. The van der Waals surface area contributed by atoms with Crippen LogP contribution in [0.5, 0.6) is 0 Å². The Labute approximate surface area is 111 Å². The van der Waals surface area contributed by atoms with Crippen molar-refractivity contribution < 1.29 is 9.90 Å². The van der Waals surface area contributed by atoms with Crippen molar-refractivity contribution in [1.29, 1.82) is 0 Å². The lowest BCUT2D eigenvalue weighted by molar-refractivity contribution is -0.136. The number of hydrogen-bond donors (Lipinski definition) is 1. The predicted octanol–water partition coefficient (Wildman–Crippen LogP) is 1.30. The van der Waals surface area contributed by atoms with Crippen molar-refractivity contribution in [3.63, 3.8) is 0 Å². The highest BCUT2D eigenvalue weighted by Gasteiger charge is 2.22. The van der Waals surface area contributed by atoms with Gasteiger partial charge in [-0.2, -0.15) is 0 Å². The number of nitrogens with zero attached hydrogens (tertiary/aromatic N) is 3. The molecule has 1 aromatic rings. The molecule has 1 N–H and O–H groups in total. The van der Waals surface area contributed by atoms with E-state index in [0.29, 0.717) is 11.7 Å². The summed E-state index contributed by atoms with van der Waals surface area (Å²) in [5.41, 5.74) is 0.655. The second kappa shape index (κ2) is 5.67. The Morgan fingerprint density at radius 1 is 1.61 bits per heavy atom. The van der Waals surface area contributed by atoms with Gasteiger partial charge in [-0.1, -0.05) is 0 Å². The number of carbonyl (C=O) groups is 1. The van der Waals surface area contributed by atoms with Crippen molar-refractivity contribution in [1.82, 2.24) is 9.88 Å². The van der Waals surface area contributed by atoms with Gasteiger partial charge >= 0.3 is 5.97 Å². The first-order chi connectivity index (χ1) is 8.56. The fraction of sp³-hybridized carbons (Fsp3) is 0.667. The molecule has 0 spiro atoms. The zero-order chi connectivity index (χ0) is 13.1. The van der Waals surface area contributed by atoms with E-state index in [-0.39, 0.29) is 6.42 Å². The first-order valence-electron chi connectivity index (χ1n) is 6.14. The molecule has 0 radical (unpaired) electrons. The van der Waals surface area contributed by atoms with Crippen molar-refractivity contribution in [2.75, 3.05) is 32.1 Å². The number of rotatable bonds is 4. The van der Waals surface area contributed by atoms with E-state index in [0.717, 1.165) is 31.1 Å². The molecule has 2 heterocycles. The third-order valence-electron chi connectivity index (χ3n) is 3.41. The van der Waals surface area contributed by atoms with Gasteiger partial charge in [0.2, 0.25) is 0 Å². The standard InChI is InChI=1S/C12H19N3O2S/c1-14-5-3-10(4-6-14)15(2)12-13-9(8-18-12)7-11(16)17/h8,10H,3-7H2,1-2H3,(H,16,17). The Kier molecular flexibility index (Phi) is 4.19. The molecular formula is C12H19N3O2S. The van der Waals surface area contributed by atoms with Crippen LogP contribution in [0.4, 0.5) is 5.13 Å². The van der Waals surface area contributed by atoms with Crippen molar-refractivity contribution in [3.8, 4) is 0 Å². The van der Waals surface area contributed by atoms with Crippen molar-refractivity contribution in [2.24, 2.45) is 0 Å². The summed E-state index contributed by atoms with van der Waals surface area (Å²) in [7, 11) is 4.20. The molecule has 1 aliphatic heterocycles. The molecule has 0 unspecified atom stereocenters. The van der Waals surface area contributed by atoms with Crippen LogP contribution in [-0.2, 0) is 11.2 Å². The van der Waals surface area contributed by atoms with Crippen LogP contribution in [0.25, 0.3) is 0 Å². The number of hydrogen-bond acceptors (Lipinski definition) is 5. The first-order valence-corrected chi connectivity index (χ1v) is 7.02. The van der Waals surface area contributed by atoms with Crippen LogP contribution < -0.4 is 4.90 Å². The van der Waals surface area contributed by atoms with Crippen LogP contribution in [0.3, 0.4) is 0 Å². The smallest absolute Gasteiger partial charge is 0.309 e. The SMILES string of the molecule is CN1CCC(N(C)c2nc(CC(=O)O)cs2)CC1. The Hall–Kier alpha value is -1.14. The van der Waals surface area contributed by atoms with E-state index in [2.05, 4.69) is 28.9 Å². The average Bonchev–Trinajstić information content (AvgIpc) is 2.76. The van der Waals surface area contributed by atoms with Gasteiger partial charge in [-0.3, -0.25) is 4.79 Å². The second-order valence-corrected chi connectivity index (χ2v) is 5.67. The summed E-state index contributed by atoms with van der Waals surface area (Å²) in [6.07, 6.45) is 2.29. The molecule has 1 fully saturated rings. The highest BCUT2D eigenvalue weighted by molar-refractivity contribution is 7.13. The van der Waals surface area contributed by atoms with Crippen molar-refractivity contribution in [3.05, 3.63) is 11.1 Å². The lowest BCUT2D eigenvalue weighted by atomic mass is 10.0. The Bertz CT molecular complexity index is 413. The summed E-state index contributed by atoms with van der Waals surface area (Å²) in [6.45, 7) is 2.23. The third-order valence-corrected chi connectivity index (χ3v) is 4.39. The number of piperidine rings is 1. The molecule has 0 aromatic carbocycles. The summed E-state index contributed by atoms with van der Waals surface area (Å²) in [6, 6.07) is 0.519. The fourth-order valence-electron chi connectivity index (χ4n) is 2.23. The van der Waals surface area contributed by atoms with Crippen LogP contribution >= 0.6 is 11.3 Å². The Morgan fingerprint density at radius 3 is 2.89 bits per heavy atom. The van der Waals surface area contributed by atoms with E-state index in [4.69, 9.17) is 5.11 Å². The monoisotopic (exact) mass is 269 g/mol. The lowest BCUT2D eigenvalue weighted by Crippen LogP contribution is -2.41. The normalized spacial score (nSPS) is 17.9. The van der Waals surface area contributed by atoms with Crippen molar-refractivity contribution >= 4 is 22.4 Å². The van der Waals surface area contributed by atoms with Gasteiger partial charge in [0.05, 0.1) is 12.1 Å². The molecule has 1 saturated heterocycles. The Balaban J connectivity index is 1.98. The number of anilines is 1. The molecule has 0 aliphatic carbocycles. The highest BCUT2D eigenvalue weighted by atomic mass is 32.1. The fourth-order valence-corrected chi connectivity index (χ4v) is 3.10. The molecule has 1 aliphatic rings. The maximum absolute atomic E-state index is 10.6. The summed E-state index contributed by atoms with van der Waals surface area (Å²) in [4.78, 5) is 19.6. The van der Waals surface area contributed by atoms with E-state index in [1.165, 1.54) is 11.3 Å². The van der Waals surface area contributed by atoms with E-state index in [9.17, 15) is 4.79 Å². The van der Waals surface area contributed by atoms with Crippen LogP contribution in [0, 0.1) is 0 Å². The molecule has 0 saturated carbocycles. The molecule has 0 atom stereocenters. The van der Waals surface area contributed by atoms with E-state index in [1.807, 2.05) is 5.38 Å². The minimum Gasteiger partial charge on any atom is -0.481 e. The molecule has 18 heavy (non-hydrogen) atoms. The number of aromatic nitrogens is 1. The molecule has 0 amide bonds. The Morgan fingerprint density at radius 2 is 2.28 bits per heavy atom. The van der Waals surface area contributed by atoms with E-state index < -0.39 is 5.97 Å². The van der Waals surface area contributed by atoms with Gasteiger partial charge in [-0.25, -0.2) is 4.98 Å². The number of thiazole rings is 1. The van der Waals surface area contributed by atoms with Gasteiger partial charge in [-0.05, 0) is 33.0 Å². The molecule has 2 rings (SSSR count). The largest absolute Gasteiger partial charge is 0.481 e. The zero-order valence-electron chi connectivity index (χ0n) is 10.8. The number of carboxylic acids is 1. The molecule has 5 nitrogen and oxygen atoms in total. The molecule has 1 aromatic heterocycles. The average molecular weight is 269 g/mol. The third kappa shape index (κ3) is 3.20. The van der Waals surface area contributed by atoms with Gasteiger partial charge in [0.25, 0.3) is 0 Å². The summed E-state index contributed by atoms with van der Waals surface area (Å²) < 4.78 is 0. The molecular weight excluding hydrogens is 250 g/mol. The molecule has 0 bridgehead atoms. The van der Waals surface area contributed by atoms with E-state index in [1.54, 1.807) is 0 Å². The van der Waals surface area contributed by atoms with Crippen LogP contribution in [0.2, 0.25) is 0 Å². The van der Waals surface area contributed by atoms with Crippen molar-refractivity contribution in [2.45, 2.75) is 25.3 Å². The number of aliphatic carboxylic acids is 1. The lowest BCUT2D eigenvalue weighted by Gasteiger charge is -2.34. The number of carboxylic acid groups (broad SMARTS) is 1. The van der Waals surface area contributed by atoms with E-state index >= 15 is 0 Å². The summed E-state index contributed by atoms with van der Waals surface area (Å²) >= 11 is 1.53. The minimum absolute atomic E-state index is 0.0117. The zero-order valence-corrected chi connectivity index (χ0v) is 11.6. The van der Waals surface area contributed by atoms with Gasteiger partial charge in [0.1, 0.15) is 0 Å². The first kappa shape index (κ1) is 13.3. The van der Waals surface area contributed by atoms with Gasteiger partial charge < -0.3 is 14.9 Å². The maximum atomic E-state index is 10.6. The van der Waals surface area contributed by atoms with Crippen LogP contribution in [0.15, 0.2) is 5.38 Å². The van der Waals surface area contributed by atoms with Crippen LogP contribution in [-0.4, -0.2) is 54.2 Å². The highest BCUT2D eigenvalue weighted by Crippen LogP contribution is 2.25. The number of likely N-dealkylation sites (tertiary alicyclic amines) is 1. The quantitative estimate of drug-likeness (QED) is 0.893. The minimum atomic E-state index is -0.825. The van der Waals surface area contributed by atoms with Gasteiger partial charge in [0.15, 0.2) is 5.13 Å². The van der Waals surface area contributed by atoms with Gasteiger partial charge in [-0.15, -0.1) is 11.3 Å².